The molecule has 1 saturated heterocycles. The van der Waals surface area contributed by atoms with E-state index in [1.807, 2.05) is 6.07 Å². The number of nitrogens with zero attached hydrogens (tertiary/aromatic N) is 1. The van der Waals surface area contributed by atoms with Crippen molar-refractivity contribution >= 4 is 10.8 Å². The zero-order valence-corrected chi connectivity index (χ0v) is 7.81. The van der Waals surface area contributed by atoms with E-state index in [2.05, 4.69) is 0 Å². The number of rotatable bonds is 4. The van der Waals surface area contributed by atoms with E-state index in [0.29, 0.717) is 17.9 Å². The van der Waals surface area contributed by atoms with Gasteiger partial charge >= 0.3 is 0 Å². The van der Waals surface area contributed by atoms with Crippen molar-refractivity contribution in [2.45, 2.75) is 25.4 Å². The molecule has 2 atom stereocenters. The highest BCUT2D eigenvalue weighted by molar-refractivity contribution is 7.85. The molecule has 0 aliphatic carbocycles. The maximum Gasteiger partial charge on any atom is 0.0691 e. The van der Waals surface area contributed by atoms with Crippen LogP contribution in [0.3, 0.4) is 0 Å². The molecule has 12 heavy (non-hydrogen) atoms. The lowest BCUT2D eigenvalue weighted by molar-refractivity contribution is 0.128. The van der Waals surface area contributed by atoms with Crippen molar-refractivity contribution < 1.29 is 8.95 Å². The second-order valence-corrected chi connectivity index (χ2v) is 4.47. The quantitative estimate of drug-likeness (QED) is 0.655. The Bertz CT molecular complexity index is 194. The Balaban J connectivity index is 2.13. The van der Waals surface area contributed by atoms with Gasteiger partial charge < -0.3 is 4.74 Å². The fourth-order valence-electron chi connectivity index (χ4n) is 1.23. The highest BCUT2D eigenvalue weighted by atomic mass is 32.2. The molecule has 1 aliphatic heterocycles. The van der Waals surface area contributed by atoms with Gasteiger partial charge in [-0.2, -0.15) is 5.26 Å². The predicted molar refractivity (Wildman–Crippen MR) is 47.1 cm³/mol. The van der Waals surface area contributed by atoms with Gasteiger partial charge in [0.1, 0.15) is 0 Å². The molecule has 0 aromatic heterocycles. The maximum absolute atomic E-state index is 11.2. The first-order chi connectivity index (χ1) is 5.83. The van der Waals surface area contributed by atoms with Gasteiger partial charge in [0.25, 0.3) is 0 Å². The van der Waals surface area contributed by atoms with E-state index < -0.39 is 10.8 Å². The Labute approximate surface area is 75.2 Å². The van der Waals surface area contributed by atoms with Gasteiger partial charge in [-0.3, -0.25) is 4.21 Å². The fraction of sp³-hybridized carbons (Fsp3) is 0.875. The van der Waals surface area contributed by atoms with E-state index in [9.17, 15) is 4.21 Å². The second-order valence-electron chi connectivity index (χ2n) is 2.85. The summed E-state index contributed by atoms with van der Waals surface area (Å²) in [6.45, 7) is 0.806. The minimum Gasteiger partial charge on any atom is -0.377 e. The van der Waals surface area contributed by atoms with E-state index in [4.69, 9.17) is 10.00 Å². The van der Waals surface area contributed by atoms with Crippen molar-refractivity contribution in [3.8, 4) is 6.07 Å². The van der Waals surface area contributed by atoms with Gasteiger partial charge in [-0.15, -0.1) is 0 Å². The third-order valence-corrected chi connectivity index (χ3v) is 3.24. The van der Waals surface area contributed by atoms with Crippen LogP contribution in [0.2, 0.25) is 0 Å². The van der Waals surface area contributed by atoms with E-state index in [1.54, 1.807) is 0 Å². The molecule has 1 aliphatic rings. The summed E-state index contributed by atoms with van der Waals surface area (Å²) < 4.78 is 16.6. The summed E-state index contributed by atoms with van der Waals surface area (Å²) >= 11 is 0. The lowest BCUT2D eigenvalue weighted by Gasteiger charge is -2.06. The molecular formula is C8H13NO2S. The summed E-state index contributed by atoms with van der Waals surface area (Å²) in [6, 6.07) is 1.99. The summed E-state index contributed by atoms with van der Waals surface area (Å²) in [6.07, 6.45) is 2.68. The highest BCUT2D eigenvalue weighted by Gasteiger charge is 2.17. The van der Waals surface area contributed by atoms with Crippen LogP contribution in [0.5, 0.6) is 0 Å². The van der Waals surface area contributed by atoms with Crippen LogP contribution < -0.4 is 0 Å². The topological polar surface area (TPSA) is 50.1 Å². The standard InChI is InChI=1S/C8H13NO2S/c9-4-2-6-12(10)7-8-3-1-5-11-8/h8H,1-3,5-7H2. The van der Waals surface area contributed by atoms with Gasteiger partial charge in [-0.05, 0) is 12.8 Å². The average molecular weight is 187 g/mol. The second kappa shape index (κ2) is 5.28. The van der Waals surface area contributed by atoms with E-state index in [1.165, 1.54) is 0 Å². The predicted octanol–water partition coefficient (Wildman–Crippen LogP) is 0.828. The molecule has 68 valence electrons. The van der Waals surface area contributed by atoms with Gasteiger partial charge in [0.2, 0.25) is 0 Å². The minimum atomic E-state index is -0.857. The van der Waals surface area contributed by atoms with Gasteiger partial charge in [0.05, 0.1) is 12.2 Å². The number of ether oxygens (including phenoxy) is 1. The van der Waals surface area contributed by atoms with Crippen LogP contribution in [0.1, 0.15) is 19.3 Å². The van der Waals surface area contributed by atoms with E-state index >= 15 is 0 Å². The highest BCUT2D eigenvalue weighted by Crippen LogP contribution is 2.12. The zero-order chi connectivity index (χ0) is 8.81. The van der Waals surface area contributed by atoms with Crippen LogP contribution in [0.4, 0.5) is 0 Å². The summed E-state index contributed by atoms with van der Waals surface area (Å²) in [5, 5.41) is 8.26. The molecule has 1 fully saturated rings. The monoisotopic (exact) mass is 187 g/mol. The lowest BCUT2D eigenvalue weighted by atomic mass is 10.3. The number of nitriles is 1. The Morgan fingerprint density at radius 2 is 2.50 bits per heavy atom. The smallest absolute Gasteiger partial charge is 0.0691 e. The van der Waals surface area contributed by atoms with Crippen LogP contribution in [-0.2, 0) is 15.5 Å². The maximum atomic E-state index is 11.2. The summed E-state index contributed by atoms with van der Waals surface area (Å²) in [5.41, 5.74) is 0. The first-order valence-corrected chi connectivity index (χ1v) is 5.65. The Kier molecular flexibility index (Phi) is 4.26. The zero-order valence-electron chi connectivity index (χ0n) is 6.99. The average Bonchev–Trinajstić information content (AvgIpc) is 2.53. The molecule has 0 aromatic rings. The van der Waals surface area contributed by atoms with Gasteiger partial charge in [-0.25, -0.2) is 0 Å². The fourth-order valence-corrected chi connectivity index (χ4v) is 2.39. The van der Waals surface area contributed by atoms with Crippen molar-refractivity contribution in [2.24, 2.45) is 0 Å². The molecular weight excluding hydrogens is 174 g/mol. The first kappa shape index (κ1) is 9.69. The summed E-state index contributed by atoms with van der Waals surface area (Å²) in [7, 11) is -0.857. The normalized spacial score (nSPS) is 25.1. The molecule has 0 aromatic carbocycles. The van der Waals surface area contributed by atoms with Crippen molar-refractivity contribution in [3.63, 3.8) is 0 Å². The largest absolute Gasteiger partial charge is 0.377 e. The van der Waals surface area contributed by atoms with Gasteiger partial charge in [0, 0.05) is 35.3 Å². The van der Waals surface area contributed by atoms with Gasteiger partial charge in [0.15, 0.2) is 0 Å². The molecule has 1 heterocycles. The Hall–Kier alpha value is -0.400. The van der Waals surface area contributed by atoms with Crippen LogP contribution >= 0.6 is 0 Å². The molecule has 0 radical (unpaired) electrons. The molecule has 1 rings (SSSR count). The van der Waals surface area contributed by atoms with Gasteiger partial charge in [-0.1, -0.05) is 0 Å². The molecule has 2 unspecified atom stereocenters. The minimum absolute atomic E-state index is 0.185. The van der Waals surface area contributed by atoms with Crippen molar-refractivity contribution in [1.82, 2.24) is 0 Å². The van der Waals surface area contributed by atoms with Crippen molar-refractivity contribution in [2.75, 3.05) is 18.1 Å². The number of hydrogen-bond acceptors (Lipinski definition) is 3. The Morgan fingerprint density at radius 1 is 1.67 bits per heavy atom. The van der Waals surface area contributed by atoms with Crippen LogP contribution in [-0.4, -0.2) is 28.4 Å². The first-order valence-electron chi connectivity index (χ1n) is 4.16. The third-order valence-electron chi connectivity index (χ3n) is 1.84. The third kappa shape index (κ3) is 3.33. The molecule has 0 amide bonds. The molecule has 0 N–H and O–H groups in total. The summed E-state index contributed by atoms with van der Waals surface area (Å²) in [5.74, 6) is 1.11. The van der Waals surface area contributed by atoms with Crippen LogP contribution in [0.15, 0.2) is 0 Å². The molecule has 0 spiro atoms. The molecule has 0 saturated carbocycles. The number of hydrogen-bond donors (Lipinski definition) is 0. The summed E-state index contributed by atoms with van der Waals surface area (Å²) in [4.78, 5) is 0. The van der Waals surface area contributed by atoms with Crippen LogP contribution in [0, 0.1) is 11.3 Å². The molecule has 4 heteroatoms. The van der Waals surface area contributed by atoms with Crippen molar-refractivity contribution in [1.29, 1.82) is 5.26 Å². The van der Waals surface area contributed by atoms with E-state index in [0.717, 1.165) is 19.4 Å². The molecule has 3 nitrogen and oxygen atoms in total. The van der Waals surface area contributed by atoms with Crippen molar-refractivity contribution in [3.05, 3.63) is 0 Å². The lowest BCUT2D eigenvalue weighted by Crippen LogP contribution is -2.17. The van der Waals surface area contributed by atoms with E-state index in [-0.39, 0.29) is 6.10 Å². The molecule has 0 bridgehead atoms. The SMILES string of the molecule is N#CCCS(=O)CC1CCCO1. The Morgan fingerprint density at radius 3 is 3.08 bits per heavy atom. The van der Waals surface area contributed by atoms with Crippen LogP contribution in [0.25, 0.3) is 0 Å².